The van der Waals surface area contributed by atoms with Gasteiger partial charge in [-0.25, -0.2) is 5.01 Å². The number of ether oxygens (including phenoxy) is 1. The molecule has 28 heavy (non-hydrogen) atoms. The van der Waals surface area contributed by atoms with Gasteiger partial charge in [-0.1, -0.05) is 66.5 Å². The second kappa shape index (κ2) is 10.5. The van der Waals surface area contributed by atoms with Gasteiger partial charge in [0.05, 0.1) is 18.1 Å². The minimum atomic E-state index is -0.0960. The van der Waals surface area contributed by atoms with Gasteiger partial charge < -0.3 is 4.74 Å². The quantitative estimate of drug-likeness (QED) is 0.544. The molecule has 0 radical (unpaired) electrons. The molecule has 3 rings (SSSR count). The van der Waals surface area contributed by atoms with E-state index in [-0.39, 0.29) is 11.8 Å². The molecule has 148 valence electrons. The lowest BCUT2D eigenvalue weighted by atomic mass is 10.2. The Labute approximate surface area is 174 Å². The number of amides is 2. The molecule has 2 aliphatic rings. The largest absolute Gasteiger partial charge is 0.379 e. The number of hydrazine groups is 1. The highest BCUT2D eigenvalue weighted by Crippen LogP contribution is 2.31. The maximum Gasteiger partial charge on any atom is 0.266 e. The Morgan fingerprint density at radius 1 is 1.25 bits per heavy atom. The number of carbonyl (C=O) groups excluding carboxylic acids is 2. The Hall–Kier alpha value is -2.00. The van der Waals surface area contributed by atoms with Crippen LogP contribution in [0.4, 0.5) is 0 Å². The molecular weight excluding hydrogens is 394 g/mol. The summed E-state index contributed by atoms with van der Waals surface area (Å²) in [6.07, 6.45) is 6.51. The number of rotatable bonds is 7. The van der Waals surface area contributed by atoms with Gasteiger partial charge in [-0.05, 0) is 18.1 Å². The Morgan fingerprint density at radius 3 is 2.75 bits per heavy atom. The fourth-order valence-corrected chi connectivity index (χ4v) is 4.08. The van der Waals surface area contributed by atoms with E-state index in [1.165, 1.54) is 11.8 Å². The first kappa shape index (κ1) is 20.7. The van der Waals surface area contributed by atoms with Gasteiger partial charge in [0.15, 0.2) is 0 Å². The first-order valence-corrected chi connectivity index (χ1v) is 10.5. The number of nitrogens with zero attached hydrogens (tertiary/aromatic N) is 2. The third-order valence-electron chi connectivity index (χ3n) is 4.29. The van der Waals surface area contributed by atoms with Crippen LogP contribution in [0.1, 0.15) is 18.4 Å². The molecule has 1 N–H and O–H groups in total. The van der Waals surface area contributed by atoms with Crippen LogP contribution in [0.2, 0.25) is 0 Å². The van der Waals surface area contributed by atoms with Gasteiger partial charge in [0.2, 0.25) is 5.91 Å². The molecule has 1 aromatic rings. The van der Waals surface area contributed by atoms with Gasteiger partial charge in [-0.15, -0.1) is 0 Å². The maximum atomic E-state index is 12.5. The zero-order chi connectivity index (χ0) is 19.8. The van der Waals surface area contributed by atoms with Gasteiger partial charge in [-0.2, -0.15) is 0 Å². The summed E-state index contributed by atoms with van der Waals surface area (Å²) < 4.78 is 5.79. The zero-order valence-corrected chi connectivity index (χ0v) is 17.1. The van der Waals surface area contributed by atoms with Crippen molar-refractivity contribution in [1.29, 1.82) is 0 Å². The number of nitrogens with one attached hydrogen (secondary N) is 1. The van der Waals surface area contributed by atoms with E-state index in [1.807, 2.05) is 47.5 Å². The molecule has 2 saturated heterocycles. The molecule has 2 aliphatic heterocycles. The lowest BCUT2D eigenvalue weighted by molar-refractivity contribution is -0.128. The number of thioether (sulfide) groups is 1. The molecule has 2 fully saturated rings. The van der Waals surface area contributed by atoms with Crippen LogP contribution in [-0.2, 0) is 14.3 Å². The van der Waals surface area contributed by atoms with Crippen molar-refractivity contribution in [3.05, 3.63) is 53.0 Å². The number of carbonyl (C=O) groups is 2. The molecule has 2 amide bonds. The van der Waals surface area contributed by atoms with Crippen LogP contribution < -0.4 is 5.43 Å². The maximum absolute atomic E-state index is 12.5. The van der Waals surface area contributed by atoms with Crippen LogP contribution >= 0.6 is 24.0 Å². The molecule has 0 spiro atoms. The number of thiocarbonyl (C=S) groups is 1. The van der Waals surface area contributed by atoms with Crippen LogP contribution in [-0.4, -0.2) is 58.9 Å². The van der Waals surface area contributed by atoms with E-state index in [0.29, 0.717) is 54.9 Å². The van der Waals surface area contributed by atoms with Crippen molar-refractivity contribution in [3.8, 4) is 0 Å². The van der Waals surface area contributed by atoms with Crippen molar-refractivity contribution in [3.63, 3.8) is 0 Å². The van der Waals surface area contributed by atoms with Crippen molar-refractivity contribution in [1.82, 2.24) is 15.3 Å². The monoisotopic (exact) mass is 417 g/mol. The van der Waals surface area contributed by atoms with Crippen molar-refractivity contribution in [2.24, 2.45) is 0 Å². The minimum absolute atomic E-state index is 0.0475. The van der Waals surface area contributed by atoms with Crippen LogP contribution in [0.3, 0.4) is 0 Å². The average molecular weight is 418 g/mol. The number of allylic oxidation sites excluding steroid dienone is 2. The van der Waals surface area contributed by atoms with E-state index in [0.717, 1.165) is 5.56 Å². The second-order valence-electron chi connectivity index (χ2n) is 6.36. The Balaban J connectivity index is 1.45. The highest BCUT2D eigenvalue weighted by molar-refractivity contribution is 8.26. The summed E-state index contributed by atoms with van der Waals surface area (Å²) in [7, 11) is 0. The highest BCUT2D eigenvalue weighted by atomic mass is 32.2. The normalized spacial score (nSPS) is 19.7. The Bertz CT molecular complexity index is 774. The molecule has 6 nitrogen and oxygen atoms in total. The molecule has 0 aliphatic carbocycles. The van der Waals surface area contributed by atoms with E-state index < -0.39 is 0 Å². The lowest BCUT2D eigenvalue weighted by Crippen LogP contribution is -2.48. The second-order valence-corrected chi connectivity index (χ2v) is 8.04. The number of hydrogen-bond acceptors (Lipinski definition) is 6. The zero-order valence-electron chi connectivity index (χ0n) is 15.5. The number of benzene rings is 1. The molecule has 0 unspecified atom stereocenters. The third-order valence-corrected chi connectivity index (χ3v) is 5.68. The first-order valence-electron chi connectivity index (χ1n) is 9.23. The van der Waals surface area contributed by atoms with Crippen molar-refractivity contribution in [2.45, 2.75) is 12.8 Å². The molecule has 0 saturated carbocycles. The summed E-state index contributed by atoms with van der Waals surface area (Å²) in [5.41, 5.74) is 3.94. The van der Waals surface area contributed by atoms with Gasteiger partial charge >= 0.3 is 0 Å². The molecule has 0 aromatic heterocycles. The van der Waals surface area contributed by atoms with Gasteiger partial charge in [0.25, 0.3) is 5.91 Å². The first-order chi connectivity index (χ1) is 13.6. The van der Waals surface area contributed by atoms with E-state index in [4.69, 9.17) is 17.0 Å². The lowest BCUT2D eigenvalue weighted by Gasteiger charge is -2.27. The summed E-state index contributed by atoms with van der Waals surface area (Å²) in [6.45, 7) is 3.09. The molecule has 0 bridgehead atoms. The fourth-order valence-electron chi connectivity index (χ4n) is 2.82. The van der Waals surface area contributed by atoms with E-state index in [2.05, 4.69) is 5.43 Å². The molecule has 0 atom stereocenters. The molecule has 2 heterocycles. The summed E-state index contributed by atoms with van der Waals surface area (Å²) in [4.78, 5) is 26.8. The van der Waals surface area contributed by atoms with Crippen LogP contribution in [0.5, 0.6) is 0 Å². The molecule has 8 heteroatoms. The van der Waals surface area contributed by atoms with E-state index in [1.54, 1.807) is 11.0 Å². The molecular formula is C20H23N3O3S2. The van der Waals surface area contributed by atoms with Gasteiger partial charge in [-0.3, -0.25) is 19.9 Å². The van der Waals surface area contributed by atoms with Crippen LogP contribution in [0.15, 0.2) is 47.4 Å². The Kier molecular flexibility index (Phi) is 7.79. The smallest absolute Gasteiger partial charge is 0.266 e. The average Bonchev–Trinajstić information content (AvgIpc) is 2.97. The number of morpholine rings is 1. The summed E-state index contributed by atoms with van der Waals surface area (Å²) in [6, 6.07) is 9.89. The fraction of sp³-hybridized carbons (Fsp3) is 0.350. The van der Waals surface area contributed by atoms with Crippen LogP contribution in [0, 0.1) is 0 Å². The topological polar surface area (TPSA) is 61.9 Å². The summed E-state index contributed by atoms with van der Waals surface area (Å²) in [5.74, 6) is -0.144. The van der Waals surface area contributed by atoms with Crippen molar-refractivity contribution >= 4 is 46.2 Å². The highest BCUT2D eigenvalue weighted by Gasteiger charge is 2.31. The minimum Gasteiger partial charge on any atom is -0.379 e. The van der Waals surface area contributed by atoms with Gasteiger partial charge in [0.1, 0.15) is 4.32 Å². The standard InChI is InChI=1S/C20H23N3O3S2/c24-18(21-22-12-14-26-15-13-22)10-5-11-23-19(25)17(28-20(23)27)9-4-8-16-6-2-1-3-7-16/h1-4,6-9H,5,10-15H2,(H,21,24). The van der Waals surface area contributed by atoms with Crippen molar-refractivity contribution < 1.29 is 14.3 Å². The Morgan fingerprint density at radius 2 is 2.00 bits per heavy atom. The number of hydrogen-bond donors (Lipinski definition) is 1. The van der Waals surface area contributed by atoms with Gasteiger partial charge in [0, 0.05) is 26.1 Å². The van der Waals surface area contributed by atoms with Crippen molar-refractivity contribution in [2.75, 3.05) is 32.8 Å². The predicted molar refractivity (Wildman–Crippen MR) is 115 cm³/mol. The van der Waals surface area contributed by atoms with E-state index >= 15 is 0 Å². The van der Waals surface area contributed by atoms with Crippen LogP contribution in [0.25, 0.3) is 6.08 Å². The predicted octanol–water partition coefficient (Wildman–Crippen LogP) is 2.59. The summed E-state index contributed by atoms with van der Waals surface area (Å²) in [5, 5.41) is 1.87. The SMILES string of the molecule is O=C(CCCN1C(=O)C(=CC=Cc2ccccc2)SC1=S)NN1CCOCC1. The summed E-state index contributed by atoms with van der Waals surface area (Å²) >= 11 is 6.63. The third kappa shape index (κ3) is 6.00. The van der Waals surface area contributed by atoms with E-state index in [9.17, 15) is 9.59 Å². The molecule has 1 aromatic carbocycles.